The van der Waals surface area contributed by atoms with E-state index in [9.17, 15) is 4.79 Å². The van der Waals surface area contributed by atoms with Gasteiger partial charge in [-0.1, -0.05) is 0 Å². The van der Waals surface area contributed by atoms with Crippen LogP contribution >= 0.6 is 0 Å². The van der Waals surface area contributed by atoms with E-state index in [-0.39, 0.29) is 0 Å². The molecule has 0 bridgehead atoms. The number of carbonyl (C=O) groups excluding carboxylic acids is 1. The van der Waals surface area contributed by atoms with Crippen molar-refractivity contribution in [2.45, 2.75) is 0 Å². The largest absolute Gasteiger partial charge is 0.366 e. The molecule has 1 aromatic carbocycles. The second-order valence-corrected chi connectivity index (χ2v) is 3.55. The number of carbonyl (C=O) groups is 1. The Morgan fingerprint density at radius 2 is 2.12 bits per heavy atom. The SMILES string of the molecule is NC(=O)c1ccc2ncc3[nH]ncc3c2c1. The van der Waals surface area contributed by atoms with Gasteiger partial charge in [-0.2, -0.15) is 5.10 Å². The highest BCUT2D eigenvalue weighted by Gasteiger charge is 2.06. The third kappa shape index (κ3) is 1.15. The molecule has 0 aliphatic rings. The standard InChI is InChI=1S/C11H8N4O/c12-11(16)6-1-2-9-7(3-6)8-4-14-15-10(8)5-13-9/h1-5H,(H2,12,16)(H,14,15). The number of hydrogen-bond acceptors (Lipinski definition) is 3. The molecule has 78 valence electrons. The number of benzene rings is 1. The zero-order chi connectivity index (χ0) is 11.1. The minimum absolute atomic E-state index is 0.442. The maximum Gasteiger partial charge on any atom is 0.248 e. The van der Waals surface area contributed by atoms with Crippen LogP contribution in [-0.4, -0.2) is 21.1 Å². The average Bonchev–Trinajstić information content (AvgIpc) is 2.76. The topological polar surface area (TPSA) is 84.7 Å². The van der Waals surface area contributed by atoms with Gasteiger partial charge in [0.05, 0.1) is 23.4 Å². The lowest BCUT2D eigenvalue weighted by atomic mass is 10.1. The smallest absolute Gasteiger partial charge is 0.248 e. The van der Waals surface area contributed by atoms with Crippen LogP contribution < -0.4 is 5.73 Å². The van der Waals surface area contributed by atoms with Crippen molar-refractivity contribution in [3.05, 3.63) is 36.2 Å². The Morgan fingerprint density at radius 1 is 1.25 bits per heavy atom. The maximum atomic E-state index is 11.1. The van der Waals surface area contributed by atoms with E-state index in [2.05, 4.69) is 15.2 Å². The second kappa shape index (κ2) is 3.03. The van der Waals surface area contributed by atoms with Gasteiger partial charge in [-0.3, -0.25) is 14.9 Å². The predicted molar refractivity (Wildman–Crippen MR) is 59.9 cm³/mol. The third-order valence-electron chi connectivity index (χ3n) is 2.57. The minimum Gasteiger partial charge on any atom is -0.366 e. The zero-order valence-corrected chi connectivity index (χ0v) is 8.27. The summed E-state index contributed by atoms with van der Waals surface area (Å²) in [7, 11) is 0. The quantitative estimate of drug-likeness (QED) is 0.635. The van der Waals surface area contributed by atoms with Gasteiger partial charge in [-0.05, 0) is 18.2 Å². The molecule has 0 radical (unpaired) electrons. The van der Waals surface area contributed by atoms with Gasteiger partial charge in [0.1, 0.15) is 0 Å². The van der Waals surface area contributed by atoms with Crippen molar-refractivity contribution in [1.82, 2.24) is 15.2 Å². The molecule has 0 aliphatic heterocycles. The first kappa shape index (κ1) is 8.84. The number of nitrogens with zero attached hydrogens (tertiary/aromatic N) is 2. The number of aromatic amines is 1. The van der Waals surface area contributed by atoms with Crippen molar-refractivity contribution < 1.29 is 4.79 Å². The Morgan fingerprint density at radius 3 is 2.94 bits per heavy atom. The number of amides is 1. The summed E-state index contributed by atoms with van der Waals surface area (Å²) in [6.07, 6.45) is 3.43. The number of primary amides is 1. The van der Waals surface area contributed by atoms with Crippen molar-refractivity contribution in [2.24, 2.45) is 5.73 Å². The Kier molecular flexibility index (Phi) is 1.67. The second-order valence-electron chi connectivity index (χ2n) is 3.55. The summed E-state index contributed by atoms with van der Waals surface area (Å²) < 4.78 is 0. The lowest BCUT2D eigenvalue weighted by Crippen LogP contribution is -2.10. The molecular weight excluding hydrogens is 204 g/mol. The molecule has 16 heavy (non-hydrogen) atoms. The first-order valence-electron chi connectivity index (χ1n) is 4.77. The molecule has 0 saturated heterocycles. The number of fused-ring (bicyclic) bond motifs is 3. The third-order valence-corrected chi connectivity index (χ3v) is 2.57. The monoisotopic (exact) mass is 212 g/mol. The van der Waals surface area contributed by atoms with E-state index in [1.165, 1.54) is 0 Å². The van der Waals surface area contributed by atoms with Crippen molar-refractivity contribution in [3.8, 4) is 0 Å². The first-order valence-corrected chi connectivity index (χ1v) is 4.77. The van der Waals surface area contributed by atoms with E-state index in [0.29, 0.717) is 5.56 Å². The Balaban J connectivity index is 2.46. The fourth-order valence-corrected chi connectivity index (χ4v) is 1.76. The molecule has 0 spiro atoms. The molecule has 2 aromatic heterocycles. The Labute approximate surface area is 90.3 Å². The lowest BCUT2D eigenvalue weighted by molar-refractivity contribution is 0.100. The Bertz CT molecular complexity index is 701. The van der Waals surface area contributed by atoms with E-state index < -0.39 is 5.91 Å². The van der Waals surface area contributed by atoms with E-state index in [0.717, 1.165) is 21.8 Å². The van der Waals surface area contributed by atoms with Crippen molar-refractivity contribution in [3.63, 3.8) is 0 Å². The van der Waals surface area contributed by atoms with Crippen LogP contribution in [0.3, 0.4) is 0 Å². The maximum absolute atomic E-state index is 11.1. The molecule has 2 heterocycles. The van der Waals surface area contributed by atoms with Crippen LogP contribution in [0.5, 0.6) is 0 Å². The summed E-state index contributed by atoms with van der Waals surface area (Å²) in [4.78, 5) is 15.4. The van der Waals surface area contributed by atoms with Crippen LogP contribution in [0.25, 0.3) is 21.8 Å². The summed E-state index contributed by atoms with van der Waals surface area (Å²) in [5, 5.41) is 8.59. The van der Waals surface area contributed by atoms with Crippen molar-refractivity contribution in [2.75, 3.05) is 0 Å². The van der Waals surface area contributed by atoms with Crippen LogP contribution in [0.15, 0.2) is 30.6 Å². The average molecular weight is 212 g/mol. The molecule has 3 rings (SSSR count). The molecule has 5 heteroatoms. The van der Waals surface area contributed by atoms with Gasteiger partial charge in [-0.25, -0.2) is 0 Å². The molecule has 1 amide bonds. The van der Waals surface area contributed by atoms with Crippen molar-refractivity contribution >= 4 is 27.7 Å². The molecule has 0 saturated carbocycles. The molecule has 3 N–H and O–H groups in total. The van der Waals surface area contributed by atoms with Crippen LogP contribution in [0.2, 0.25) is 0 Å². The lowest BCUT2D eigenvalue weighted by Gasteiger charge is -2.00. The fraction of sp³-hybridized carbons (Fsp3) is 0. The highest BCUT2D eigenvalue weighted by molar-refractivity contribution is 6.07. The zero-order valence-electron chi connectivity index (χ0n) is 8.27. The number of nitrogens with two attached hydrogens (primary N) is 1. The van der Waals surface area contributed by atoms with Crippen LogP contribution in [0, 0.1) is 0 Å². The molecule has 0 aliphatic carbocycles. The number of aromatic nitrogens is 3. The fourth-order valence-electron chi connectivity index (χ4n) is 1.76. The Hall–Kier alpha value is -2.43. The van der Waals surface area contributed by atoms with Gasteiger partial charge < -0.3 is 5.73 Å². The summed E-state index contributed by atoms with van der Waals surface area (Å²) in [6.45, 7) is 0. The van der Waals surface area contributed by atoms with Gasteiger partial charge in [0.15, 0.2) is 0 Å². The van der Waals surface area contributed by atoms with E-state index >= 15 is 0 Å². The van der Waals surface area contributed by atoms with Gasteiger partial charge >= 0.3 is 0 Å². The molecular formula is C11H8N4O. The molecule has 0 fully saturated rings. The van der Waals surface area contributed by atoms with Gasteiger partial charge in [-0.15, -0.1) is 0 Å². The first-order chi connectivity index (χ1) is 7.75. The molecule has 5 nitrogen and oxygen atoms in total. The summed E-state index contributed by atoms with van der Waals surface area (Å²) >= 11 is 0. The summed E-state index contributed by atoms with van der Waals surface area (Å²) in [6, 6.07) is 5.19. The van der Waals surface area contributed by atoms with Gasteiger partial charge in [0, 0.05) is 16.3 Å². The number of rotatable bonds is 1. The van der Waals surface area contributed by atoms with Crippen LogP contribution in [0.4, 0.5) is 0 Å². The van der Waals surface area contributed by atoms with E-state index in [4.69, 9.17) is 5.73 Å². The molecule has 0 atom stereocenters. The summed E-state index contributed by atoms with van der Waals surface area (Å²) in [5.41, 5.74) is 7.38. The highest BCUT2D eigenvalue weighted by Crippen LogP contribution is 2.22. The van der Waals surface area contributed by atoms with Gasteiger partial charge in [0.2, 0.25) is 5.91 Å². The molecule has 0 unspecified atom stereocenters. The number of hydrogen-bond donors (Lipinski definition) is 2. The summed E-state index contributed by atoms with van der Waals surface area (Å²) in [5.74, 6) is -0.442. The number of pyridine rings is 1. The number of H-pyrrole nitrogens is 1. The van der Waals surface area contributed by atoms with E-state index in [1.54, 1.807) is 30.6 Å². The predicted octanol–water partition coefficient (Wildman–Crippen LogP) is 1.21. The van der Waals surface area contributed by atoms with Crippen LogP contribution in [-0.2, 0) is 0 Å². The normalized spacial score (nSPS) is 11.0. The van der Waals surface area contributed by atoms with Crippen LogP contribution in [0.1, 0.15) is 10.4 Å². The number of nitrogens with one attached hydrogen (secondary N) is 1. The van der Waals surface area contributed by atoms with Crippen molar-refractivity contribution in [1.29, 1.82) is 0 Å². The molecule has 3 aromatic rings. The highest BCUT2D eigenvalue weighted by atomic mass is 16.1. The van der Waals surface area contributed by atoms with Gasteiger partial charge in [0.25, 0.3) is 0 Å². The van der Waals surface area contributed by atoms with E-state index in [1.807, 2.05) is 0 Å². The minimum atomic E-state index is -0.442.